The second kappa shape index (κ2) is 6.34. The molecule has 5 nitrogen and oxygen atoms in total. The average molecular weight is 347 g/mol. The molecule has 0 aromatic heterocycles. The predicted octanol–water partition coefficient (Wildman–Crippen LogP) is 2.18. The van der Waals surface area contributed by atoms with E-state index in [9.17, 15) is 9.18 Å². The van der Waals surface area contributed by atoms with E-state index in [1.807, 2.05) is 0 Å². The van der Waals surface area contributed by atoms with Gasteiger partial charge in [-0.15, -0.1) is 0 Å². The Morgan fingerprint density at radius 3 is 2.88 bits per heavy atom. The van der Waals surface area contributed by atoms with Crippen LogP contribution in [0.4, 0.5) is 4.39 Å². The number of piperidine rings is 1. The zero-order valence-electron chi connectivity index (χ0n) is 14.7. The minimum Gasteiger partial charge on any atom is -0.306 e. The predicted molar refractivity (Wildman–Crippen MR) is 92.0 cm³/mol. The summed E-state index contributed by atoms with van der Waals surface area (Å²) in [6, 6.07) is 3.49. The van der Waals surface area contributed by atoms with Gasteiger partial charge in [0.25, 0.3) is 5.91 Å². The van der Waals surface area contributed by atoms with Crippen LogP contribution in [0.3, 0.4) is 0 Å². The largest absolute Gasteiger partial charge is 0.306 e. The Morgan fingerprint density at radius 1 is 1.36 bits per heavy atom. The van der Waals surface area contributed by atoms with Crippen LogP contribution in [0.5, 0.6) is 0 Å². The monoisotopic (exact) mass is 347 g/mol. The molecule has 0 radical (unpaired) electrons. The van der Waals surface area contributed by atoms with Crippen molar-refractivity contribution < 1.29 is 14.4 Å². The number of carbonyl (C=O) groups excluding carboxylic acids is 1. The molecule has 25 heavy (non-hydrogen) atoms. The van der Waals surface area contributed by atoms with Gasteiger partial charge in [-0.2, -0.15) is 0 Å². The molecular formula is C19H26FN3O2. The van der Waals surface area contributed by atoms with Crippen molar-refractivity contribution in [2.24, 2.45) is 5.41 Å². The van der Waals surface area contributed by atoms with E-state index < -0.39 is 5.91 Å². The van der Waals surface area contributed by atoms with Gasteiger partial charge in [-0.1, -0.05) is 0 Å². The summed E-state index contributed by atoms with van der Waals surface area (Å²) in [4.78, 5) is 16.5. The number of nitrogens with one attached hydrogen (secondary N) is 1. The maximum Gasteiger partial charge on any atom is 0.274 e. The smallest absolute Gasteiger partial charge is 0.274 e. The summed E-state index contributed by atoms with van der Waals surface area (Å²) in [7, 11) is 2.20. The molecule has 2 heterocycles. The van der Waals surface area contributed by atoms with E-state index in [-0.39, 0.29) is 11.4 Å². The highest BCUT2D eigenvalue weighted by molar-refractivity contribution is 5.93. The quantitative estimate of drug-likeness (QED) is 0.636. The number of hydroxylamine groups is 1. The highest BCUT2D eigenvalue weighted by Crippen LogP contribution is 2.50. The van der Waals surface area contributed by atoms with Crippen LogP contribution in [-0.4, -0.2) is 53.6 Å². The average Bonchev–Trinajstić information content (AvgIpc) is 2.60. The number of likely N-dealkylation sites (tertiary alicyclic amines) is 1. The van der Waals surface area contributed by atoms with Crippen LogP contribution >= 0.6 is 0 Å². The molecule has 2 aliphatic heterocycles. The SMILES string of the molecule is CN1CCC[C@]2(CC[C@H]2N2CCc3cc(C(=O)NO)cc(F)c3C2)C1. The van der Waals surface area contributed by atoms with Crippen molar-refractivity contribution in [1.82, 2.24) is 15.3 Å². The Labute approximate surface area is 147 Å². The van der Waals surface area contributed by atoms with Gasteiger partial charge < -0.3 is 4.90 Å². The van der Waals surface area contributed by atoms with Crippen molar-refractivity contribution >= 4 is 5.91 Å². The van der Waals surface area contributed by atoms with Gasteiger partial charge in [0.2, 0.25) is 0 Å². The number of benzene rings is 1. The van der Waals surface area contributed by atoms with Gasteiger partial charge in [-0.25, -0.2) is 9.87 Å². The topological polar surface area (TPSA) is 55.8 Å². The lowest BCUT2D eigenvalue weighted by Gasteiger charge is -2.58. The molecular weight excluding hydrogens is 321 g/mol. The van der Waals surface area contributed by atoms with Crippen LogP contribution in [-0.2, 0) is 13.0 Å². The third kappa shape index (κ3) is 2.86. The minimum atomic E-state index is -0.660. The summed E-state index contributed by atoms with van der Waals surface area (Å²) in [5, 5.41) is 8.77. The molecule has 1 aromatic carbocycles. The first-order valence-corrected chi connectivity index (χ1v) is 9.21. The van der Waals surface area contributed by atoms with Crippen LogP contribution in [0.15, 0.2) is 12.1 Å². The number of amides is 1. The van der Waals surface area contributed by atoms with Crippen molar-refractivity contribution in [2.75, 3.05) is 26.7 Å². The minimum absolute atomic E-state index is 0.182. The van der Waals surface area contributed by atoms with Crippen LogP contribution < -0.4 is 5.48 Å². The zero-order valence-corrected chi connectivity index (χ0v) is 14.7. The van der Waals surface area contributed by atoms with E-state index in [2.05, 4.69) is 16.8 Å². The Kier molecular flexibility index (Phi) is 4.30. The first-order chi connectivity index (χ1) is 12.0. The number of fused-ring (bicyclic) bond motifs is 1. The third-order valence-electron chi connectivity index (χ3n) is 6.54. The summed E-state index contributed by atoms with van der Waals surface area (Å²) < 4.78 is 14.6. The molecule has 1 aromatic rings. The fourth-order valence-corrected chi connectivity index (χ4v) is 5.23. The molecule has 0 bridgehead atoms. The summed E-state index contributed by atoms with van der Waals surface area (Å²) in [6.45, 7) is 3.87. The molecule has 1 saturated heterocycles. The highest BCUT2D eigenvalue weighted by atomic mass is 19.1. The molecule has 6 heteroatoms. The summed E-state index contributed by atoms with van der Waals surface area (Å²) in [5.41, 5.74) is 3.76. The van der Waals surface area contributed by atoms with Crippen LogP contribution in [0.2, 0.25) is 0 Å². The van der Waals surface area contributed by atoms with Crippen molar-refractivity contribution in [2.45, 2.75) is 44.7 Å². The van der Waals surface area contributed by atoms with Crippen molar-refractivity contribution in [3.63, 3.8) is 0 Å². The normalized spacial score (nSPS) is 30.0. The lowest BCUT2D eigenvalue weighted by Crippen LogP contribution is -2.61. The van der Waals surface area contributed by atoms with Gasteiger partial charge in [0, 0.05) is 36.8 Å². The third-order valence-corrected chi connectivity index (χ3v) is 6.54. The molecule has 4 rings (SSSR count). The second-order valence-corrected chi connectivity index (χ2v) is 8.02. The molecule has 136 valence electrons. The van der Waals surface area contributed by atoms with E-state index >= 15 is 0 Å². The van der Waals surface area contributed by atoms with E-state index in [0.717, 1.165) is 25.1 Å². The number of halogens is 1. The molecule has 1 spiro atoms. The van der Waals surface area contributed by atoms with E-state index in [0.29, 0.717) is 23.6 Å². The molecule has 2 atom stereocenters. The van der Waals surface area contributed by atoms with Gasteiger partial charge in [-0.05, 0) is 68.8 Å². The van der Waals surface area contributed by atoms with E-state index in [1.54, 1.807) is 11.5 Å². The Hall–Kier alpha value is -1.50. The van der Waals surface area contributed by atoms with E-state index in [1.165, 1.54) is 38.3 Å². The maximum absolute atomic E-state index is 14.6. The standard InChI is InChI=1S/C19H26FN3O2/c1-22-7-2-5-19(12-22)6-3-17(19)23-8-4-13-9-14(18(24)21-25)10-16(20)15(13)11-23/h9-10,17,25H,2-8,11-12H2,1H3,(H,21,24)/t17-,19+/m1/s1. The van der Waals surface area contributed by atoms with Crippen molar-refractivity contribution in [3.8, 4) is 0 Å². The fourth-order valence-electron chi connectivity index (χ4n) is 5.23. The molecule has 1 amide bonds. The number of rotatable bonds is 2. The van der Waals surface area contributed by atoms with Gasteiger partial charge in [0.15, 0.2) is 0 Å². The molecule has 1 saturated carbocycles. The number of carbonyl (C=O) groups is 1. The first kappa shape index (κ1) is 16.9. The molecule has 2 N–H and O–H groups in total. The van der Waals surface area contributed by atoms with Gasteiger partial charge >= 0.3 is 0 Å². The summed E-state index contributed by atoms with van der Waals surface area (Å²) in [6.07, 6.45) is 5.77. The molecule has 3 aliphatic rings. The zero-order chi connectivity index (χ0) is 17.6. The Balaban J connectivity index is 1.54. The number of hydrogen-bond donors (Lipinski definition) is 2. The summed E-state index contributed by atoms with van der Waals surface area (Å²) >= 11 is 0. The Morgan fingerprint density at radius 2 is 2.20 bits per heavy atom. The van der Waals surface area contributed by atoms with Crippen molar-refractivity contribution in [3.05, 3.63) is 34.6 Å². The first-order valence-electron chi connectivity index (χ1n) is 9.21. The number of nitrogens with zero attached hydrogens (tertiary/aromatic N) is 2. The van der Waals surface area contributed by atoms with Crippen LogP contribution in [0.1, 0.15) is 47.2 Å². The van der Waals surface area contributed by atoms with Crippen LogP contribution in [0.25, 0.3) is 0 Å². The summed E-state index contributed by atoms with van der Waals surface area (Å²) in [5.74, 6) is -0.998. The Bertz CT molecular complexity index is 695. The maximum atomic E-state index is 14.6. The lowest BCUT2D eigenvalue weighted by molar-refractivity contribution is -0.0753. The highest BCUT2D eigenvalue weighted by Gasteiger charge is 2.51. The van der Waals surface area contributed by atoms with Crippen LogP contribution in [0, 0.1) is 11.2 Å². The second-order valence-electron chi connectivity index (χ2n) is 8.02. The lowest BCUT2D eigenvalue weighted by atomic mass is 9.59. The van der Waals surface area contributed by atoms with Gasteiger partial charge in [0.05, 0.1) is 0 Å². The number of hydrogen-bond acceptors (Lipinski definition) is 4. The van der Waals surface area contributed by atoms with E-state index in [4.69, 9.17) is 5.21 Å². The van der Waals surface area contributed by atoms with Crippen molar-refractivity contribution in [1.29, 1.82) is 0 Å². The molecule has 1 aliphatic carbocycles. The fraction of sp³-hybridized carbons (Fsp3) is 0.632. The van der Waals surface area contributed by atoms with Gasteiger partial charge in [-0.3, -0.25) is 14.9 Å². The molecule has 0 unspecified atom stereocenters. The van der Waals surface area contributed by atoms with Gasteiger partial charge in [0.1, 0.15) is 5.82 Å². The molecule has 2 fully saturated rings.